The number of benzene rings is 1. The summed E-state index contributed by atoms with van der Waals surface area (Å²) in [4.78, 5) is 0.277. The molecule has 0 spiro atoms. The molecule has 1 aromatic carbocycles. The Morgan fingerprint density at radius 1 is 1.16 bits per heavy atom. The number of aliphatic hydroxyl groups is 1. The molecule has 0 aliphatic rings. The van der Waals surface area contributed by atoms with Gasteiger partial charge in [0.05, 0.1) is 5.69 Å². The van der Waals surface area contributed by atoms with Gasteiger partial charge in [0.1, 0.15) is 4.90 Å². The summed E-state index contributed by atoms with van der Waals surface area (Å²) in [6.07, 6.45) is 2.60. The Morgan fingerprint density at radius 2 is 1.89 bits per heavy atom. The maximum atomic E-state index is 12.0. The van der Waals surface area contributed by atoms with Gasteiger partial charge in [-0.3, -0.25) is 0 Å². The van der Waals surface area contributed by atoms with Gasteiger partial charge < -0.3 is 10.4 Å². The molecule has 0 saturated carbocycles. The Hall–Kier alpha value is -1.11. The molecule has 1 rings (SSSR count). The largest absolute Gasteiger partial charge is 0.396 e. The van der Waals surface area contributed by atoms with Gasteiger partial charge >= 0.3 is 0 Å². The Labute approximate surface area is 115 Å². The molecule has 0 atom stereocenters. The van der Waals surface area contributed by atoms with Crippen molar-refractivity contribution in [1.29, 1.82) is 0 Å². The van der Waals surface area contributed by atoms with E-state index < -0.39 is 10.0 Å². The molecule has 6 heteroatoms. The van der Waals surface area contributed by atoms with E-state index in [9.17, 15) is 8.42 Å². The molecule has 0 unspecified atom stereocenters. The van der Waals surface area contributed by atoms with E-state index >= 15 is 0 Å². The van der Waals surface area contributed by atoms with E-state index in [1.54, 1.807) is 31.2 Å². The highest BCUT2D eigenvalue weighted by Gasteiger charge is 2.16. The van der Waals surface area contributed by atoms with Crippen molar-refractivity contribution in [2.24, 2.45) is 0 Å². The number of aliphatic hydroxyl groups excluding tert-OH is 1. The van der Waals surface area contributed by atoms with Gasteiger partial charge in [-0.1, -0.05) is 19.1 Å². The highest BCUT2D eigenvalue weighted by Crippen LogP contribution is 2.20. The van der Waals surface area contributed by atoms with Crippen LogP contribution < -0.4 is 10.0 Å². The molecule has 0 aliphatic heterocycles. The zero-order chi connectivity index (χ0) is 14.1. The number of nitrogens with one attached hydrogen (secondary N) is 2. The van der Waals surface area contributed by atoms with Crippen LogP contribution >= 0.6 is 0 Å². The van der Waals surface area contributed by atoms with Crippen molar-refractivity contribution < 1.29 is 13.5 Å². The predicted octanol–water partition coefficient (Wildman–Crippen LogP) is 1.56. The summed E-state index contributed by atoms with van der Waals surface area (Å²) >= 11 is 0. The second-order valence-electron chi connectivity index (χ2n) is 4.21. The fourth-order valence-corrected chi connectivity index (χ4v) is 2.97. The lowest BCUT2D eigenvalue weighted by atomic mass is 10.2. The maximum Gasteiger partial charge on any atom is 0.242 e. The summed E-state index contributed by atoms with van der Waals surface area (Å²) < 4.78 is 26.5. The lowest BCUT2D eigenvalue weighted by Crippen LogP contribution is -2.24. The van der Waals surface area contributed by atoms with Crippen molar-refractivity contribution >= 4 is 15.7 Å². The predicted molar refractivity (Wildman–Crippen MR) is 76.7 cm³/mol. The van der Waals surface area contributed by atoms with Gasteiger partial charge in [-0.05, 0) is 31.4 Å². The summed E-state index contributed by atoms with van der Waals surface area (Å²) in [5, 5.41) is 11.8. The second kappa shape index (κ2) is 8.14. The quantitative estimate of drug-likeness (QED) is 0.602. The average molecular weight is 286 g/mol. The average Bonchev–Trinajstić information content (AvgIpc) is 2.39. The molecule has 0 aromatic heterocycles. The number of unbranched alkanes of at least 4 members (excludes halogenated alkanes) is 2. The number of hydrogen-bond donors (Lipinski definition) is 3. The molecule has 0 radical (unpaired) electrons. The topological polar surface area (TPSA) is 78.4 Å². The molecule has 0 saturated heterocycles. The summed E-state index contributed by atoms with van der Waals surface area (Å²) in [5.41, 5.74) is 0.618. The second-order valence-corrected chi connectivity index (χ2v) is 5.94. The number of anilines is 1. The van der Waals surface area contributed by atoms with E-state index in [-0.39, 0.29) is 11.5 Å². The summed E-state index contributed by atoms with van der Waals surface area (Å²) in [5.74, 6) is 0. The minimum absolute atomic E-state index is 0.200. The van der Waals surface area contributed by atoms with Crippen LogP contribution in [0.3, 0.4) is 0 Å². The third-order valence-corrected chi connectivity index (χ3v) is 4.27. The Morgan fingerprint density at radius 3 is 2.58 bits per heavy atom. The fraction of sp³-hybridized carbons (Fsp3) is 0.538. The molecule has 5 nitrogen and oxygen atoms in total. The van der Waals surface area contributed by atoms with E-state index in [2.05, 4.69) is 10.0 Å². The first-order valence-electron chi connectivity index (χ1n) is 6.55. The molecule has 0 bridgehead atoms. The monoisotopic (exact) mass is 286 g/mol. The molecule has 19 heavy (non-hydrogen) atoms. The Bertz CT molecular complexity index is 475. The highest BCUT2D eigenvalue weighted by molar-refractivity contribution is 7.89. The SMILES string of the molecule is CCNS(=O)(=O)c1ccccc1NCCCCCO. The number of rotatable bonds is 9. The van der Waals surface area contributed by atoms with Crippen molar-refractivity contribution in [3.63, 3.8) is 0 Å². The van der Waals surface area contributed by atoms with Crippen LogP contribution in [0.4, 0.5) is 5.69 Å². The summed E-state index contributed by atoms with van der Waals surface area (Å²) in [6, 6.07) is 6.87. The van der Waals surface area contributed by atoms with E-state index in [1.165, 1.54) is 0 Å². The minimum atomic E-state index is -3.44. The summed E-state index contributed by atoms with van der Waals surface area (Å²) in [7, 11) is -3.44. The summed E-state index contributed by atoms with van der Waals surface area (Å²) in [6.45, 7) is 3.01. The van der Waals surface area contributed by atoms with Crippen molar-refractivity contribution in [3.8, 4) is 0 Å². The van der Waals surface area contributed by atoms with Crippen LogP contribution in [0.5, 0.6) is 0 Å². The minimum Gasteiger partial charge on any atom is -0.396 e. The molecule has 0 amide bonds. The van der Waals surface area contributed by atoms with E-state index in [0.29, 0.717) is 18.8 Å². The number of para-hydroxylation sites is 1. The van der Waals surface area contributed by atoms with Gasteiger partial charge in [0, 0.05) is 19.7 Å². The number of sulfonamides is 1. The first kappa shape index (κ1) is 15.9. The lowest BCUT2D eigenvalue weighted by Gasteiger charge is -2.12. The van der Waals surface area contributed by atoms with Gasteiger partial charge in [-0.15, -0.1) is 0 Å². The van der Waals surface area contributed by atoms with Crippen molar-refractivity contribution in [3.05, 3.63) is 24.3 Å². The van der Waals surface area contributed by atoms with Crippen LogP contribution in [0.25, 0.3) is 0 Å². The first-order chi connectivity index (χ1) is 9.11. The molecule has 0 aliphatic carbocycles. The van der Waals surface area contributed by atoms with Gasteiger partial charge in [0.15, 0.2) is 0 Å². The molecule has 108 valence electrons. The van der Waals surface area contributed by atoms with Crippen LogP contribution in [0.15, 0.2) is 29.2 Å². The molecular formula is C13H22N2O3S. The molecule has 1 aromatic rings. The highest BCUT2D eigenvalue weighted by atomic mass is 32.2. The van der Waals surface area contributed by atoms with Crippen LogP contribution in [0.2, 0.25) is 0 Å². The standard InChI is InChI=1S/C13H22N2O3S/c1-2-15-19(17,18)13-9-5-4-8-12(13)14-10-6-3-7-11-16/h4-5,8-9,14-16H,2-3,6-7,10-11H2,1H3. The van der Waals surface area contributed by atoms with E-state index in [0.717, 1.165) is 19.3 Å². The third kappa shape index (κ3) is 5.18. The Balaban J connectivity index is 2.68. The van der Waals surface area contributed by atoms with E-state index in [1.807, 2.05) is 0 Å². The van der Waals surface area contributed by atoms with Gasteiger partial charge in [-0.25, -0.2) is 13.1 Å². The normalized spacial score (nSPS) is 11.5. The van der Waals surface area contributed by atoms with Crippen molar-refractivity contribution in [2.75, 3.05) is 25.0 Å². The number of hydrogen-bond acceptors (Lipinski definition) is 4. The van der Waals surface area contributed by atoms with Crippen LogP contribution in [-0.2, 0) is 10.0 Å². The van der Waals surface area contributed by atoms with Crippen LogP contribution in [0.1, 0.15) is 26.2 Å². The van der Waals surface area contributed by atoms with Crippen molar-refractivity contribution in [1.82, 2.24) is 4.72 Å². The molecule has 0 fully saturated rings. The van der Waals surface area contributed by atoms with Crippen LogP contribution in [0, 0.1) is 0 Å². The van der Waals surface area contributed by atoms with Gasteiger partial charge in [0.2, 0.25) is 10.0 Å². The smallest absolute Gasteiger partial charge is 0.242 e. The Kier molecular flexibility index (Phi) is 6.83. The molecule has 3 N–H and O–H groups in total. The zero-order valence-corrected chi connectivity index (χ0v) is 12.0. The van der Waals surface area contributed by atoms with E-state index in [4.69, 9.17) is 5.11 Å². The molecule has 0 heterocycles. The first-order valence-corrected chi connectivity index (χ1v) is 8.03. The van der Waals surface area contributed by atoms with Crippen molar-refractivity contribution in [2.45, 2.75) is 31.1 Å². The van der Waals surface area contributed by atoms with Crippen LogP contribution in [-0.4, -0.2) is 33.2 Å². The fourth-order valence-electron chi connectivity index (χ4n) is 1.75. The zero-order valence-electron chi connectivity index (χ0n) is 11.2. The maximum absolute atomic E-state index is 12.0. The molecular weight excluding hydrogens is 264 g/mol. The van der Waals surface area contributed by atoms with Gasteiger partial charge in [-0.2, -0.15) is 0 Å². The third-order valence-electron chi connectivity index (χ3n) is 2.66. The van der Waals surface area contributed by atoms with Gasteiger partial charge in [0.25, 0.3) is 0 Å². The lowest BCUT2D eigenvalue weighted by molar-refractivity contribution is 0.283.